The van der Waals surface area contributed by atoms with E-state index in [-0.39, 0.29) is 24.0 Å². The van der Waals surface area contributed by atoms with E-state index < -0.39 is 0 Å². The van der Waals surface area contributed by atoms with Crippen LogP contribution in [0, 0.1) is 5.41 Å². The zero-order valence-electron chi connectivity index (χ0n) is 11.1. The molecule has 0 aromatic rings. The van der Waals surface area contributed by atoms with Gasteiger partial charge < -0.3 is 15.7 Å². The van der Waals surface area contributed by atoms with E-state index in [2.05, 4.69) is 10.6 Å². The van der Waals surface area contributed by atoms with E-state index in [1.54, 1.807) is 0 Å². The molecule has 4 nitrogen and oxygen atoms in total. The Morgan fingerprint density at radius 1 is 1.35 bits per heavy atom. The molecule has 1 fully saturated rings. The fraction of sp³-hybridized carbons (Fsp3) is 0.923. The molecule has 1 aliphatic rings. The summed E-state index contributed by atoms with van der Waals surface area (Å²) in [5.74, 6) is 0.0383. The van der Waals surface area contributed by atoms with Crippen LogP contribution >= 0.6 is 0 Å². The molecular formula is C13H26N2O2. The molecule has 1 atom stereocenters. The lowest BCUT2D eigenvalue weighted by atomic mass is 9.74. The maximum atomic E-state index is 11.6. The summed E-state index contributed by atoms with van der Waals surface area (Å²) in [7, 11) is 0. The molecule has 0 spiro atoms. The maximum Gasteiger partial charge on any atom is 0.236 e. The number of aliphatic hydroxyl groups is 1. The molecule has 1 rings (SSSR count). The second kappa shape index (κ2) is 6.97. The lowest BCUT2D eigenvalue weighted by Gasteiger charge is -2.36. The van der Waals surface area contributed by atoms with Crippen LogP contribution in [0.3, 0.4) is 0 Å². The third-order valence-corrected chi connectivity index (χ3v) is 3.78. The maximum absolute atomic E-state index is 11.6. The number of hydrogen-bond donors (Lipinski definition) is 3. The number of nitrogens with one attached hydrogen (secondary N) is 2. The van der Waals surface area contributed by atoms with Gasteiger partial charge in [0.05, 0.1) is 6.04 Å². The van der Waals surface area contributed by atoms with Crippen molar-refractivity contribution in [3.8, 4) is 0 Å². The average molecular weight is 242 g/mol. The zero-order valence-corrected chi connectivity index (χ0v) is 11.1. The molecule has 1 amide bonds. The fourth-order valence-corrected chi connectivity index (χ4v) is 2.48. The first-order chi connectivity index (χ1) is 8.13. The highest BCUT2D eigenvalue weighted by molar-refractivity contribution is 5.81. The van der Waals surface area contributed by atoms with Gasteiger partial charge in [0.15, 0.2) is 0 Å². The van der Waals surface area contributed by atoms with Crippen LogP contribution in [0.1, 0.15) is 46.0 Å². The van der Waals surface area contributed by atoms with Gasteiger partial charge in [-0.15, -0.1) is 0 Å². The smallest absolute Gasteiger partial charge is 0.236 e. The van der Waals surface area contributed by atoms with Crippen LogP contribution in [-0.4, -0.2) is 36.8 Å². The van der Waals surface area contributed by atoms with Crippen molar-refractivity contribution in [2.75, 3.05) is 19.7 Å². The Labute approximate surface area is 104 Å². The molecule has 1 unspecified atom stereocenters. The SMILES string of the molecule is CCNC(=O)C(C)NCC1(CO)CCCCC1. The second-order valence-corrected chi connectivity index (χ2v) is 5.22. The molecule has 1 aliphatic carbocycles. The summed E-state index contributed by atoms with van der Waals surface area (Å²) in [4.78, 5) is 11.6. The van der Waals surface area contributed by atoms with Crippen molar-refractivity contribution in [3.05, 3.63) is 0 Å². The van der Waals surface area contributed by atoms with Crippen molar-refractivity contribution < 1.29 is 9.90 Å². The number of carbonyl (C=O) groups excluding carboxylic acids is 1. The van der Waals surface area contributed by atoms with Crippen LogP contribution in [0.25, 0.3) is 0 Å². The minimum atomic E-state index is -0.180. The number of amides is 1. The lowest BCUT2D eigenvalue weighted by Crippen LogP contribution is -2.48. The third kappa shape index (κ3) is 4.28. The summed E-state index contributed by atoms with van der Waals surface area (Å²) >= 11 is 0. The molecule has 1 saturated carbocycles. The standard InChI is InChI=1S/C13H26N2O2/c1-3-14-12(17)11(2)15-9-13(10-16)7-5-4-6-8-13/h11,15-16H,3-10H2,1-2H3,(H,14,17). The van der Waals surface area contributed by atoms with Gasteiger partial charge in [0.2, 0.25) is 5.91 Å². The van der Waals surface area contributed by atoms with Crippen LogP contribution in [0.5, 0.6) is 0 Å². The summed E-state index contributed by atoms with van der Waals surface area (Å²) in [6.45, 7) is 5.42. The summed E-state index contributed by atoms with van der Waals surface area (Å²) in [6.07, 6.45) is 5.79. The quantitative estimate of drug-likeness (QED) is 0.652. The van der Waals surface area contributed by atoms with Crippen molar-refractivity contribution >= 4 is 5.91 Å². The molecule has 0 bridgehead atoms. The molecular weight excluding hydrogens is 216 g/mol. The largest absolute Gasteiger partial charge is 0.396 e. The fourth-order valence-electron chi connectivity index (χ4n) is 2.48. The summed E-state index contributed by atoms with van der Waals surface area (Å²) in [6, 6.07) is -0.180. The second-order valence-electron chi connectivity index (χ2n) is 5.22. The zero-order chi connectivity index (χ0) is 12.7. The topological polar surface area (TPSA) is 61.4 Å². The van der Waals surface area contributed by atoms with Crippen LogP contribution in [0.2, 0.25) is 0 Å². The first kappa shape index (κ1) is 14.5. The van der Waals surface area contributed by atoms with E-state index in [0.717, 1.165) is 19.4 Å². The van der Waals surface area contributed by atoms with Gasteiger partial charge in [-0.05, 0) is 26.7 Å². The predicted molar refractivity (Wildman–Crippen MR) is 68.8 cm³/mol. The monoisotopic (exact) mass is 242 g/mol. The summed E-state index contributed by atoms with van der Waals surface area (Å²) in [5.41, 5.74) is -0.000987. The summed E-state index contributed by atoms with van der Waals surface area (Å²) in [5, 5.41) is 15.6. The number of likely N-dealkylation sites (N-methyl/N-ethyl adjacent to an activating group) is 1. The molecule has 100 valence electrons. The van der Waals surface area contributed by atoms with E-state index in [0.29, 0.717) is 6.54 Å². The molecule has 17 heavy (non-hydrogen) atoms. The van der Waals surface area contributed by atoms with E-state index in [1.165, 1.54) is 19.3 Å². The van der Waals surface area contributed by atoms with E-state index >= 15 is 0 Å². The van der Waals surface area contributed by atoms with Gasteiger partial charge in [0.25, 0.3) is 0 Å². The Morgan fingerprint density at radius 3 is 2.53 bits per heavy atom. The molecule has 0 aliphatic heterocycles. The number of carbonyl (C=O) groups is 1. The number of hydrogen-bond acceptors (Lipinski definition) is 3. The Morgan fingerprint density at radius 2 is 2.00 bits per heavy atom. The van der Waals surface area contributed by atoms with Crippen molar-refractivity contribution in [3.63, 3.8) is 0 Å². The molecule has 0 radical (unpaired) electrons. The Kier molecular flexibility index (Phi) is 5.92. The highest BCUT2D eigenvalue weighted by Gasteiger charge is 2.31. The minimum Gasteiger partial charge on any atom is -0.396 e. The van der Waals surface area contributed by atoms with Gasteiger partial charge in [-0.2, -0.15) is 0 Å². The Bertz CT molecular complexity index is 238. The van der Waals surface area contributed by atoms with Gasteiger partial charge in [-0.1, -0.05) is 19.3 Å². The van der Waals surface area contributed by atoms with Gasteiger partial charge in [0, 0.05) is 25.1 Å². The predicted octanol–water partition coefficient (Wildman–Crippen LogP) is 1.04. The van der Waals surface area contributed by atoms with Crippen molar-refractivity contribution in [1.29, 1.82) is 0 Å². The van der Waals surface area contributed by atoms with Crippen LogP contribution in [0.4, 0.5) is 0 Å². The minimum absolute atomic E-state index is 0.000987. The number of aliphatic hydroxyl groups excluding tert-OH is 1. The molecule has 0 aromatic heterocycles. The van der Waals surface area contributed by atoms with Gasteiger partial charge >= 0.3 is 0 Å². The summed E-state index contributed by atoms with van der Waals surface area (Å²) < 4.78 is 0. The van der Waals surface area contributed by atoms with Crippen molar-refractivity contribution in [1.82, 2.24) is 10.6 Å². The highest BCUT2D eigenvalue weighted by Crippen LogP contribution is 2.35. The normalized spacial score (nSPS) is 20.9. The van der Waals surface area contributed by atoms with Crippen molar-refractivity contribution in [2.45, 2.75) is 52.0 Å². The van der Waals surface area contributed by atoms with Crippen LogP contribution < -0.4 is 10.6 Å². The highest BCUT2D eigenvalue weighted by atomic mass is 16.3. The molecule has 3 N–H and O–H groups in total. The molecule has 4 heteroatoms. The van der Waals surface area contributed by atoms with Crippen molar-refractivity contribution in [2.24, 2.45) is 5.41 Å². The average Bonchev–Trinajstić information content (AvgIpc) is 2.37. The van der Waals surface area contributed by atoms with E-state index in [4.69, 9.17) is 0 Å². The molecule has 0 heterocycles. The number of rotatable bonds is 6. The molecule has 0 aromatic carbocycles. The first-order valence-corrected chi connectivity index (χ1v) is 6.75. The van der Waals surface area contributed by atoms with E-state index in [9.17, 15) is 9.90 Å². The van der Waals surface area contributed by atoms with E-state index in [1.807, 2.05) is 13.8 Å². The van der Waals surface area contributed by atoms with Crippen LogP contribution in [-0.2, 0) is 4.79 Å². The third-order valence-electron chi connectivity index (χ3n) is 3.78. The van der Waals surface area contributed by atoms with Gasteiger partial charge in [0.1, 0.15) is 0 Å². The molecule has 0 saturated heterocycles. The Balaban J connectivity index is 2.38. The first-order valence-electron chi connectivity index (χ1n) is 6.75. The van der Waals surface area contributed by atoms with Gasteiger partial charge in [-0.3, -0.25) is 4.79 Å². The Hall–Kier alpha value is -0.610. The van der Waals surface area contributed by atoms with Gasteiger partial charge in [-0.25, -0.2) is 0 Å². The lowest BCUT2D eigenvalue weighted by molar-refractivity contribution is -0.122. The van der Waals surface area contributed by atoms with Crippen LogP contribution in [0.15, 0.2) is 0 Å².